The molecule has 0 N–H and O–H groups in total. The van der Waals surface area contributed by atoms with Gasteiger partial charge in [-0.15, -0.1) is 0 Å². The third-order valence-electron chi connectivity index (χ3n) is 5.38. The van der Waals surface area contributed by atoms with Gasteiger partial charge in [-0.2, -0.15) is 5.10 Å². The molecule has 1 aromatic heterocycles. The second kappa shape index (κ2) is 7.36. The molecular weight excluding hydrogens is 304 g/mol. The Morgan fingerprint density at radius 2 is 2.08 bits per heavy atom. The van der Waals surface area contributed by atoms with Crippen molar-refractivity contribution in [3.63, 3.8) is 0 Å². The van der Waals surface area contributed by atoms with Gasteiger partial charge in [0.05, 0.1) is 5.92 Å². The quantitative estimate of drug-likeness (QED) is 0.826. The summed E-state index contributed by atoms with van der Waals surface area (Å²) in [5.74, 6) is 0.825. The molecule has 1 atom stereocenters. The largest absolute Gasteiger partial charge is 0.342 e. The summed E-state index contributed by atoms with van der Waals surface area (Å²) in [7, 11) is 0. The molecule has 2 fully saturated rings. The van der Waals surface area contributed by atoms with Crippen molar-refractivity contribution in [3.05, 3.63) is 18.5 Å². The lowest BCUT2D eigenvalue weighted by molar-refractivity contribution is -0.137. The van der Waals surface area contributed by atoms with Gasteiger partial charge in [-0.25, -0.2) is 0 Å². The van der Waals surface area contributed by atoms with Crippen LogP contribution >= 0.6 is 0 Å². The number of piperidine rings is 1. The smallest absolute Gasteiger partial charge is 0.227 e. The molecule has 0 spiro atoms. The molecule has 3 rings (SSSR count). The van der Waals surface area contributed by atoms with Crippen LogP contribution in [0.2, 0.25) is 0 Å². The topological polar surface area (TPSA) is 58.4 Å². The second-order valence-corrected chi connectivity index (χ2v) is 7.37. The lowest BCUT2D eigenvalue weighted by atomic mass is 9.92. The molecule has 0 aliphatic carbocycles. The molecule has 2 aliphatic rings. The van der Waals surface area contributed by atoms with E-state index in [2.05, 4.69) is 5.10 Å². The van der Waals surface area contributed by atoms with Gasteiger partial charge in [-0.05, 0) is 45.1 Å². The molecular formula is C18H28N4O2. The first kappa shape index (κ1) is 17.0. The first-order chi connectivity index (χ1) is 11.5. The van der Waals surface area contributed by atoms with Gasteiger partial charge >= 0.3 is 0 Å². The number of carbonyl (C=O) groups excluding carboxylic acids is 2. The zero-order valence-electron chi connectivity index (χ0n) is 14.7. The summed E-state index contributed by atoms with van der Waals surface area (Å²) in [5, 5.41) is 4.24. The summed E-state index contributed by atoms with van der Waals surface area (Å²) in [5.41, 5.74) is 0. The van der Waals surface area contributed by atoms with Crippen molar-refractivity contribution in [2.24, 2.45) is 11.8 Å². The minimum atomic E-state index is -0.138. The van der Waals surface area contributed by atoms with Gasteiger partial charge in [0, 0.05) is 51.0 Å². The van der Waals surface area contributed by atoms with Crippen LogP contribution in [-0.4, -0.2) is 57.1 Å². The molecule has 2 amide bonds. The molecule has 132 valence electrons. The number of aromatic nitrogens is 2. The average Bonchev–Trinajstić information content (AvgIpc) is 3.22. The summed E-state index contributed by atoms with van der Waals surface area (Å²) >= 11 is 0. The van der Waals surface area contributed by atoms with E-state index < -0.39 is 0 Å². The van der Waals surface area contributed by atoms with Gasteiger partial charge in [0.1, 0.15) is 0 Å². The first-order valence-corrected chi connectivity index (χ1v) is 9.10. The third kappa shape index (κ3) is 3.79. The Morgan fingerprint density at radius 3 is 2.67 bits per heavy atom. The van der Waals surface area contributed by atoms with Gasteiger partial charge < -0.3 is 9.80 Å². The van der Waals surface area contributed by atoms with E-state index in [9.17, 15) is 9.59 Å². The van der Waals surface area contributed by atoms with Crippen molar-refractivity contribution < 1.29 is 9.59 Å². The lowest BCUT2D eigenvalue weighted by Gasteiger charge is -2.33. The van der Waals surface area contributed by atoms with Crippen LogP contribution in [0.3, 0.4) is 0 Å². The molecule has 0 radical (unpaired) electrons. The Kier molecular flexibility index (Phi) is 5.21. The van der Waals surface area contributed by atoms with Crippen molar-refractivity contribution >= 4 is 11.8 Å². The SMILES string of the molecule is CC(C)N1C[C@H](C(=O)N2CCC(CCn3cccn3)CC2)CC1=O. The van der Waals surface area contributed by atoms with Crippen LogP contribution in [0.4, 0.5) is 0 Å². The molecule has 24 heavy (non-hydrogen) atoms. The highest BCUT2D eigenvalue weighted by Gasteiger charge is 2.38. The Hall–Kier alpha value is -1.85. The Bertz CT molecular complexity index is 562. The lowest BCUT2D eigenvalue weighted by Crippen LogP contribution is -2.43. The highest BCUT2D eigenvalue weighted by Crippen LogP contribution is 2.26. The van der Waals surface area contributed by atoms with Crippen LogP contribution in [0.15, 0.2) is 18.5 Å². The fourth-order valence-corrected chi connectivity index (χ4v) is 3.84. The molecule has 0 aromatic carbocycles. The van der Waals surface area contributed by atoms with E-state index in [1.807, 2.05) is 46.8 Å². The third-order valence-corrected chi connectivity index (χ3v) is 5.38. The summed E-state index contributed by atoms with van der Waals surface area (Å²) in [6, 6.07) is 2.13. The fourth-order valence-electron chi connectivity index (χ4n) is 3.84. The number of nitrogens with zero attached hydrogens (tertiary/aromatic N) is 4. The molecule has 3 heterocycles. The molecule has 0 bridgehead atoms. The minimum Gasteiger partial charge on any atom is -0.342 e. The number of rotatable bonds is 5. The number of carbonyl (C=O) groups is 2. The van der Waals surface area contributed by atoms with Crippen molar-refractivity contribution in [1.82, 2.24) is 19.6 Å². The summed E-state index contributed by atoms with van der Waals surface area (Å²) in [4.78, 5) is 28.5. The van der Waals surface area contributed by atoms with Crippen LogP contribution in [0, 0.1) is 11.8 Å². The minimum absolute atomic E-state index is 0.123. The van der Waals surface area contributed by atoms with E-state index in [1.54, 1.807) is 0 Å². The summed E-state index contributed by atoms with van der Waals surface area (Å²) < 4.78 is 1.97. The molecule has 2 aliphatic heterocycles. The van der Waals surface area contributed by atoms with Crippen molar-refractivity contribution in [2.45, 2.75) is 52.1 Å². The maximum Gasteiger partial charge on any atom is 0.227 e. The maximum atomic E-state index is 12.7. The zero-order valence-corrected chi connectivity index (χ0v) is 14.7. The Balaban J connectivity index is 1.44. The van der Waals surface area contributed by atoms with Gasteiger partial charge in [-0.3, -0.25) is 14.3 Å². The summed E-state index contributed by atoms with van der Waals surface area (Å²) in [6.07, 6.45) is 7.42. The number of hydrogen-bond acceptors (Lipinski definition) is 3. The van der Waals surface area contributed by atoms with Crippen LogP contribution in [-0.2, 0) is 16.1 Å². The zero-order chi connectivity index (χ0) is 17.1. The normalized spacial score (nSPS) is 22.6. The monoisotopic (exact) mass is 332 g/mol. The molecule has 6 heteroatoms. The average molecular weight is 332 g/mol. The Labute approximate surface area is 143 Å². The predicted octanol–water partition coefficient (Wildman–Crippen LogP) is 1.77. The van der Waals surface area contributed by atoms with Crippen LogP contribution in [0.5, 0.6) is 0 Å². The molecule has 1 aromatic rings. The van der Waals surface area contributed by atoms with Crippen LogP contribution < -0.4 is 0 Å². The van der Waals surface area contributed by atoms with E-state index in [4.69, 9.17) is 0 Å². The van der Waals surface area contributed by atoms with Crippen molar-refractivity contribution in [2.75, 3.05) is 19.6 Å². The fraction of sp³-hybridized carbons (Fsp3) is 0.722. The van der Waals surface area contributed by atoms with E-state index >= 15 is 0 Å². The number of amides is 2. The maximum absolute atomic E-state index is 12.7. The number of hydrogen-bond donors (Lipinski definition) is 0. The first-order valence-electron chi connectivity index (χ1n) is 9.10. The van der Waals surface area contributed by atoms with Gasteiger partial charge in [-0.1, -0.05) is 0 Å². The number of aryl methyl sites for hydroxylation is 1. The van der Waals surface area contributed by atoms with E-state index in [0.29, 0.717) is 18.9 Å². The molecule has 6 nitrogen and oxygen atoms in total. The van der Waals surface area contributed by atoms with E-state index in [1.165, 1.54) is 0 Å². The second-order valence-electron chi connectivity index (χ2n) is 7.37. The highest BCUT2D eigenvalue weighted by atomic mass is 16.2. The van der Waals surface area contributed by atoms with Gasteiger partial charge in [0.25, 0.3) is 0 Å². The van der Waals surface area contributed by atoms with E-state index in [-0.39, 0.29) is 23.8 Å². The van der Waals surface area contributed by atoms with E-state index in [0.717, 1.165) is 38.9 Å². The van der Waals surface area contributed by atoms with Gasteiger partial charge in [0.2, 0.25) is 11.8 Å². The highest BCUT2D eigenvalue weighted by molar-refractivity contribution is 5.89. The Morgan fingerprint density at radius 1 is 1.33 bits per heavy atom. The molecule has 0 unspecified atom stereocenters. The van der Waals surface area contributed by atoms with Crippen LogP contribution in [0.25, 0.3) is 0 Å². The van der Waals surface area contributed by atoms with Crippen molar-refractivity contribution in [3.8, 4) is 0 Å². The number of likely N-dealkylation sites (tertiary alicyclic amines) is 2. The molecule has 0 saturated carbocycles. The standard InChI is InChI=1S/C18H28N4O2/c1-14(2)22-13-16(12-17(22)23)18(24)20-9-4-15(5-10-20)6-11-21-8-3-7-19-21/h3,7-8,14-16H,4-6,9-13H2,1-2H3/t16-/m1/s1. The van der Waals surface area contributed by atoms with Crippen LogP contribution in [0.1, 0.15) is 39.5 Å². The molecule has 2 saturated heterocycles. The predicted molar refractivity (Wildman–Crippen MR) is 91.1 cm³/mol. The van der Waals surface area contributed by atoms with Gasteiger partial charge in [0.15, 0.2) is 0 Å². The van der Waals surface area contributed by atoms with Crippen molar-refractivity contribution in [1.29, 1.82) is 0 Å². The summed E-state index contributed by atoms with van der Waals surface area (Å²) in [6.45, 7) is 7.22.